The normalized spacial score (nSPS) is 51.0. The van der Waals surface area contributed by atoms with Crippen LogP contribution in [-0.2, 0) is 4.79 Å². The van der Waals surface area contributed by atoms with Gasteiger partial charge >= 0.3 is 0 Å². The van der Waals surface area contributed by atoms with Gasteiger partial charge in [0.1, 0.15) is 0 Å². The van der Waals surface area contributed by atoms with Crippen LogP contribution < -0.4 is 0 Å². The summed E-state index contributed by atoms with van der Waals surface area (Å²) < 4.78 is 0. The molecule has 0 aliphatic heterocycles. The van der Waals surface area contributed by atoms with E-state index >= 15 is 0 Å². The summed E-state index contributed by atoms with van der Waals surface area (Å²) >= 11 is 0. The summed E-state index contributed by atoms with van der Waals surface area (Å²) in [5, 5.41) is 10.5. The lowest BCUT2D eigenvalue weighted by molar-refractivity contribution is -0.112. The fourth-order valence-corrected chi connectivity index (χ4v) is 6.50. The first-order chi connectivity index (χ1) is 10.4. The van der Waals surface area contributed by atoms with Crippen LogP contribution in [0.4, 0.5) is 0 Å². The molecule has 0 radical (unpaired) electrons. The molecule has 2 nitrogen and oxygen atoms in total. The molecule has 120 valence electrons. The van der Waals surface area contributed by atoms with Gasteiger partial charge in [0.2, 0.25) is 0 Å². The highest BCUT2D eigenvalue weighted by Crippen LogP contribution is 2.63. The zero-order chi connectivity index (χ0) is 15.6. The number of ketones is 1. The molecule has 0 aromatic rings. The van der Waals surface area contributed by atoms with Gasteiger partial charge in [0, 0.05) is 0 Å². The van der Waals surface area contributed by atoms with E-state index in [-0.39, 0.29) is 17.3 Å². The molecule has 4 aliphatic rings. The SMILES string of the molecule is C=C1C[C@H]2C(=CC1=O)C[C@@H](C)[C@@H]1[C@@H]2CC[C@]2(C)[C@@H](O)CC[C@@H]12. The monoisotopic (exact) mass is 300 g/mol. The number of hydrogen-bond donors (Lipinski definition) is 1. The molecule has 0 aromatic carbocycles. The molecule has 0 saturated heterocycles. The number of hydrogen-bond acceptors (Lipinski definition) is 2. The second-order valence-corrected chi connectivity index (χ2v) is 8.66. The Hall–Kier alpha value is -0.890. The largest absolute Gasteiger partial charge is 0.393 e. The zero-order valence-electron chi connectivity index (χ0n) is 13.8. The molecule has 1 N–H and O–H groups in total. The van der Waals surface area contributed by atoms with Gasteiger partial charge in [-0.05, 0) is 85.2 Å². The maximum atomic E-state index is 12.0. The summed E-state index contributed by atoms with van der Waals surface area (Å²) in [6, 6.07) is 0. The lowest BCUT2D eigenvalue weighted by Gasteiger charge is -2.55. The molecule has 3 fully saturated rings. The van der Waals surface area contributed by atoms with Crippen LogP contribution in [0.2, 0.25) is 0 Å². The van der Waals surface area contributed by atoms with Crippen LogP contribution in [0.15, 0.2) is 23.8 Å². The van der Waals surface area contributed by atoms with E-state index in [1.54, 1.807) is 0 Å². The van der Waals surface area contributed by atoms with Crippen molar-refractivity contribution in [2.24, 2.45) is 35.0 Å². The number of aliphatic hydroxyl groups is 1. The van der Waals surface area contributed by atoms with Gasteiger partial charge in [-0.15, -0.1) is 0 Å². The van der Waals surface area contributed by atoms with Crippen molar-refractivity contribution in [1.82, 2.24) is 0 Å². The summed E-state index contributed by atoms with van der Waals surface area (Å²) in [4.78, 5) is 12.0. The number of rotatable bonds is 0. The molecule has 4 rings (SSSR count). The van der Waals surface area contributed by atoms with E-state index in [2.05, 4.69) is 20.4 Å². The molecule has 3 saturated carbocycles. The predicted molar refractivity (Wildman–Crippen MR) is 87.2 cm³/mol. The van der Waals surface area contributed by atoms with E-state index in [4.69, 9.17) is 0 Å². The predicted octanol–water partition coefficient (Wildman–Crippen LogP) is 3.90. The smallest absolute Gasteiger partial charge is 0.181 e. The summed E-state index contributed by atoms with van der Waals surface area (Å²) in [7, 11) is 0. The Kier molecular flexibility index (Phi) is 3.21. The molecule has 0 bridgehead atoms. The molecule has 0 amide bonds. The Bertz CT molecular complexity index is 560. The summed E-state index contributed by atoms with van der Waals surface area (Å²) in [6.07, 6.45) is 8.29. The van der Waals surface area contributed by atoms with Crippen LogP contribution in [-0.4, -0.2) is 17.0 Å². The topological polar surface area (TPSA) is 37.3 Å². The molecule has 0 aromatic heterocycles. The van der Waals surface area contributed by atoms with Crippen LogP contribution in [0.25, 0.3) is 0 Å². The van der Waals surface area contributed by atoms with Crippen molar-refractivity contribution < 1.29 is 9.90 Å². The number of carbonyl (C=O) groups is 1. The molecule has 7 atom stereocenters. The van der Waals surface area contributed by atoms with Gasteiger partial charge in [-0.25, -0.2) is 0 Å². The van der Waals surface area contributed by atoms with E-state index in [9.17, 15) is 9.90 Å². The van der Waals surface area contributed by atoms with Crippen molar-refractivity contribution in [2.75, 3.05) is 0 Å². The van der Waals surface area contributed by atoms with Gasteiger partial charge in [0.25, 0.3) is 0 Å². The van der Waals surface area contributed by atoms with Crippen LogP contribution in [0.5, 0.6) is 0 Å². The minimum Gasteiger partial charge on any atom is -0.393 e. The Morgan fingerprint density at radius 2 is 2.05 bits per heavy atom. The van der Waals surface area contributed by atoms with Crippen molar-refractivity contribution in [3.63, 3.8) is 0 Å². The fourth-order valence-electron chi connectivity index (χ4n) is 6.50. The molecule has 2 heteroatoms. The van der Waals surface area contributed by atoms with Crippen LogP contribution in [0.3, 0.4) is 0 Å². The number of fused-ring (bicyclic) bond motifs is 5. The summed E-state index contributed by atoms with van der Waals surface area (Å²) in [5.74, 6) is 3.44. The molecule has 0 unspecified atom stereocenters. The second kappa shape index (κ2) is 4.80. The van der Waals surface area contributed by atoms with Gasteiger partial charge in [-0.1, -0.05) is 26.0 Å². The van der Waals surface area contributed by atoms with E-state index in [1.165, 1.54) is 18.4 Å². The average Bonchev–Trinajstić information content (AvgIpc) is 2.77. The first kappa shape index (κ1) is 14.7. The maximum Gasteiger partial charge on any atom is 0.181 e. The van der Waals surface area contributed by atoms with Crippen molar-refractivity contribution in [3.8, 4) is 0 Å². The highest BCUT2D eigenvalue weighted by molar-refractivity contribution is 6.05. The average molecular weight is 300 g/mol. The second-order valence-electron chi connectivity index (χ2n) is 8.66. The first-order valence-electron chi connectivity index (χ1n) is 9.02. The molecule has 0 spiro atoms. The lowest BCUT2D eigenvalue weighted by Crippen LogP contribution is -2.50. The van der Waals surface area contributed by atoms with E-state index in [0.717, 1.165) is 37.2 Å². The molecular weight excluding hydrogens is 272 g/mol. The van der Waals surface area contributed by atoms with Crippen molar-refractivity contribution >= 4 is 5.78 Å². The summed E-state index contributed by atoms with van der Waals surface area (Å²) in [6.45, 7) is 8.70. The number of allylic oxidation sites excluding steroid dienone is 2. The standard InChI is InChI=1S/C20H28O2/c1-11-9-15-13(10-17(11)21)8-12(2)19-14(15)6-7-20(3)16(19)4-5-18(20)22/h10,12,14-16,18-19,22H,1,4-9H2,2-3H3/t12-,14-,15+,16+,18+,19-,20+/m1/s1. The Morgan fingerprint density at radius 1 is 1.27 bits per heavy atom. The minimum atomic E-state index is -0.106. The minimum absolute atomic E-state index is 0.106. The maximum absolute atomic E-state index is 12.0. The van der Waals surface area contributed by atoms with Crippen molar-refractivity contribution in [1.29, 1.82) is 0 Å². The number of carbonyl (C=O) groups excluding carboxylic acids is 1. The van der Waals surface area contributed by atoms with E-state index < -0.39 is 0 Å². The van der Waals surface area contributed by atoms with Gasteiger partial charge in [0.05, 0.1) is 6.10 Å². The molecular formula is C20H28O2. The zero-order valence-corrected chi connectivity index (χ0v) is 13.8. The molecule has 4 aliphatic carbocycles. The Labute approximate surface area is 133 Å². The van der Waals surface area contributed by atoms with E-state index in [0.29, 0.717) is 23.7 Å². The van der Waals surface area contributed by atoms with Gasteiger partial charge in [-0.2, -0.15) is 0 Å². The Balaban J connectivity index is 1.70. The van der Waals surface area contributed by atoms with Gasteiger partial charge < -0.3 is 5.11 Å². The highest BCUT2D eigenvalue weighted by atomic mass is 16.3. The molecule has 22 heavy (non-hydrogen) atoms. The van der Waals surface area contributed by atoms with Gasteiger partial charge in [0.15, 0.2) is 5.78 Å². The third-order valence-corrected chi connectivity index (χ3v) is 7.67. The number of aliphatic hydroxyl groups excluding tert-OH is 1. The van der Waals surface area contributed by atoms with Crippen molar-refractivity contribution in [3.05, 3.63) is 23.8 Å². The third kappa shape index (κ3) is 1.86. The highest BCUT2D eigenvalue weighted by Gasteiger charge is 2.57. The first-order valence-corrected chi connectivity index (χ1v) is 9.02. The fraction of sp³-hybridized carbons (Fsp3) is 0.750. The Morgan fingerprint density at radius 3 is 2.82 bits per heavy atom. The van der Waals surface area contributed by atoms with Crippen LogP contribution >= 0.6 is 0 Å². The third-order valence-electron chi connectivity index (χ3n) is 7.67. The lowest BCUT2D eigenvalue weighted by atomic mass is 9.49. The van der Waals surface area contributed by atoms with Gasteiger partial charge in [-0.3, -0.25) is 4.79 Å². The summed E-state index contributed by atoms with van der Waals surface area (Å²) in [5.41, 5.74) is 2.34. The van der Waals surface area contributed by atoms with Crippen LogP contribution in [0.1, 0.15) is 52.4 Å². The van der Waals surface area contributed by atoms with E-state index in [1.807, 2.05) is 6.08 Å². The van der Waals surface area contributed by atoms with Crippen molar-refractivity contribution in [2.45, 2.75) is 58.5 Å². The van der Waals surface area contributed by atoms with Crippen LogP contribution in [0, 0.1) is 35.0 Å². The molecule has 0 heterocycles. The quantitative estimate of drug-likeness (QED) is 0.689.